The number of nitrogens with one attached hydrogen (secondary N) is 1. The molecule has 1 aliphatic heterocycles. The van der Waals surface area contributed by atoms with Gasteiger partial charge >= 0.3 is 0 Å². The fourth-order valence-corrected chi connectivity index (χ4v) is 3.57. The molecule has 116 valence electrons. The van der Waals surface area contributed by atoms with Crippen LogP contribution in [0.3, 0.4) is 0 Å². The van der Waals surface area contributed by atoms with Gasteiger partial charge in [-0.1, -0.05) is 30.3 Å². The number of hydrogen-bond acceptors (Lipinski definition) is 2. The number of nitrogens with zero attached hydrogens (tertiary/aromatic N) is 2. The molecule has 4 nitrogen and oxygen atoms in total. The maximum Gasteiger partial charge on any atom is 0.281 e. The first-order valence-electron chi connectivity index (χ1n) is 8.08. The molecule has 0 saturated heterocycles. The van der Waals surface area contributed by atoms with Gasteiger partial charge in [0.25, 0.3) is 5.56 Å². The number of benzene rings is 2. The highest BCUT2D eigenvalue weighted by Gasteiger charge is 2.20. The summed E-state index contributed by atoms with van der Waals surface area (Å²) in [4.78, 5) is 20.0. The highest BCUT2D eigenvalue weighted by molar-refractivity contribution is 5.94. The largest absolute Gasteiger partial charge is 0.361 e. The van der Waals surface area contributed by atoms with Gasteiger partial charge in [0, 0.05) is 29.2 Å². The van der Waals surface area contributed by atoms with Gasteiger partial charge in [-0.05, 0) is 36.3 Å². The van der Waals surface area contributed by atoms with E-state index in [1.165, 1.54) is 5.39 Å². The van der Waals surface area contributed by atoms with Crippen LogP contribution < -0.4 is 5.56 Å². The summed E-state index contributed by atoms with van der Waals surface area (Å²) < 4.78 is 2.15. The van der Waals surface area contributed by atoms with E-state index in [9.17, 15) is 4.79 Å². The van der Waals surface area contributed by atoms with Crippen molar-refractivity contribution in [2.75, 3.05) is 0 Å². The third kappa shape index (κ3) is 1.86. The lowest BCUT2D eigenvalue weighted by atomic mass is 10.1. The predicted molar refractivity (Wildman–Crippen MR) is 96.8 cm³/mol. The Kier molecular flexibility index (Phi) is 2.73. The molecule has 0 radical (unpaired) electrons. The smallest absolute Gasteiger partial charge is 0.281 e. The highest BCUT2D eigenvalue weighted by Crippen LogP contribution is 2.31. The summed E-state index contributed by atoms with van der Waals surface area (Å²) in [6, 6.07) is 15.9. The van der Waals surface area contributed by atoms with Crippen molar-refractivity contribution in [2.45, 2.75) is 13.0 Å². The Morgan fingerprint density at radius 2 is 1.83 bits per heavy atom. The van der Waals surface area contributed by atoms with E-state index < -0.39 is 0 Å². The molecule has 0 fully saturated rings. The van der Waals surface area contributed by atoms with Crippen molar-refractivity contribution in [1.82, 2.24) is 14.5 Å². The van der Waals surface area contributed by atoms with Crippen LogP contribution in [0.4, 0.5) is 0 Å². The summed E-state index contributed by atoms with van der Waals surface area (Å²) in [6.07, 6.45) is 5.05. The van der Waals surface area contributed by atoms with E-state index in [1.54, 1.807) is 0 Å². The molecule has 4 heteroatoms. The second kappa shape index (κ2) is 4.93. The SMILES string of the molecule is O=c1nc2n(c3ccccc13)CCC2=Cc1c[nH]c2ccccc12. The third-order valence-electron chi connectivity index (χ3n) is 4.73. The van der Waals surface area contributed by atoms with Gasteiger partial charge < -0.3 is 9.55 Å². The molecule has 5 rings (SSSR count). The van der Waals surface area contributed by atoms with Crippen LogP contribution in [0.15, 0.2) is 59.5 Å². The van der Waals surface area contributed by atoms with E-state index in [-0.39, 0.29) is 5.56 Å². The molecule has 0 unspecified atom stereocenters. The summed E-state index contributed by atoms with van der Waals surface area (Å²) in [7, 11) is 0. The first-order valence-corrected chi connectivity index (χ1v) is 8.08. The minimum absolute atomic E-state index is 0.149. The average molecular weight is 313 g/mol. The zero-order valence-corrected chi connectivity index (χ0v) is 13.0. The van der Waals surface area contributed by atoms with E-state index in [1.807, 2.05) is 42.6 Å². The minimum Gasteiger partial charge on any atom is -0.361 e. The molecule has 3 heterocycles. The molecule has 0 bridgehead atoms. The van der Waals surface area contributed by atoms with E-state index in [0.717, 1.165) is 41.0 Å². The first kappa shape index (κ1) is 13.3. The summed E-state index contributed by atoms with van der Waals surface area (Å²) in [5, 5.41) is 1.88. The van der Waals surface area contributed by atoms with Crippen molar-refractivity contribution in [3.8, 4) is 0 Å². The van der Waals surface area contributed by atoms with Gasteiger partial charge in [-0.25, -0.2) is 0 Å². The Balaban J connectivity index is 1.73. The van der Waals surface area contributed by atoms with Crippen LogP contribution in [-0.4, -0.2) is 14.5 Å². The molecule has 0 aliphatic carbocycles. The molecule has 0 atom stereocenters. The maximum atomic E-state index is 12.3. The number of para-hydroxylation sites is 2. The van der Waals surface area contributed by atoms with Crippen LogP contribution in [0, 0.1) is 0 Å². The third-order valence-corrected chi connectivity index (χ3v) is 4.73. The van der Waals surface area contributed by atoms with Gasteiger partial charge in [-0.3, -0.25) is 4.79 Å². The van der Waals surface area contributed by atoms with Crippen LogP contribution in [0.1, 0.15) is 17.8 Å². The number of aromatic nitrogens is 3. The van der Waals surface area contributed by atoms with Crippen molar-refractivity contribution in [1.29, 1.82) is 0 Å². The van der Waals surface area contributed by atoms with Crippen molar-refractivity contribution in [2.24, 2.45) is 0 Å². The second-order valence-corrected chi connectivity index (χ2v) is 6.12. The molecule has 24 heavy (non-hydrogen) atoms. The summed E-state index contributed by atoms with van der Waals surface area (Å²) in [6.45, 7) is 0.858. The Morgan fingerprint density at radius 1 is 1.04 bits per heavy atom. The lowest BCUT2D eigenvalue weighted by molar-refractivity contribution is 0.772. The maximum absolute atomic E-state index is 12.3. The van der Waals surface area contributed by atoms with Crippen LogP contribution in [0.5, 0.6) is 0 Å². The topological polar surface area (TPSA) is 50.7 Å². The Hall–Kier alpha value is -3.14. The second-order valence-electron chi connectivity index (χ2n) is 6.12. The Bertz CT molecular complexity index is 1180. The van der Waals surface area contributed by atoms with E-state index in [4.69, 9.17) is 0 Å². The van der Waals surface area contributed by atoms with Crippen LogP contribution in [-0.2, 0) is 6.54 Å². The summed E-state index contributed by atoms with van der Waals surface area (Å²) in [5.41, 5.74) is 4.18. The van der Waals surface area contributed by atoms with Crippen LogP contribution >= 0.6 is 0 Å². The summed E-state index contributed by atoms with van der Waals surface area (Å²) in [5.74, 6) is 0.795. The molecule has 0 saturated carbocycles. The predicted octanol–water partition coefficient (Wildman–Crippen LogP) is 3.82. The van der Waals surface area contributed by atoms with E-state index in [0.29, 0.717) is 5.39 Å². The van der Waals surface area contributed by atoms with Crippen molar-refractivity contribution in [3.05, 3.63) is 76.5 Å². The van der Waals surface area contributed by atoms with Crippen molar-refractivity contribution in [3.63, 3.8) is 0 Å². The van der Waals surface area contributed by atoms with Crippen molar-refractivity contribution < 1.29 is 0 Å². The standard InChI is InChI=1S/C20H15N3O/c24-20-16-6-2-4-8-18(16)23-10-9-13(19(23)22-20)11-14-12-21-17-7-3-1-5-15(14)17/h1-8,11-12,21H,9-10H2. The number of allylic oxidation sites excluding steroid dienone is 1. The van der Waals surface area contributed by atoms with Crippen molar-refractivity contribution >= 4 is 33.5 Å². The summed E-state index contributed by atoms with van der Waals surface area (Å²) >= 11 is 0. The number of aryl methyl sites for hydroxylation is 1. The fourth-order valence-electron chi connectivity index (χ4n) is 3.57. The minimum atomic E-state index is -0.149. The van der Waals surface area contributed by atoms with Gasteiger partial charge in [0.05, 0.1) is 10.9 Å². The lowest BCUT2D eigenvalue weighted by Crippen LogP contribution is -2.14. The molecule has 2 aromatic heterocycles. The van der Waals surface area contributed by atoms with Gasteiger partial charge in [0.2, 0.25) is 0 Å². The highest BCUT2D eigenvalue weighted by atomic mass is 16.1. The Labute approximate surface area is 138 Å². The van der Waals surface area contributed by atoms with Gasteiger partial charge in [-0.2, -0.15) is 4.98 Å². The van der Waals surface area contributed by atoms with Gasteiger partial charge in [0.15, 0.2) is 0 Å². The zero-order valence-electron chi connectivity index (χ0n) is 13.0. The molecule has 1 aliphatic rings. The monoisotopic (exact) mass is 313 g/mol. The van der Waals surface area contributed by atoms with Crippen LogP contribution in [0.2, 0.25) is 0 Å². The van der Waals surface area contributed by atoms with E-state index in [2.05, 4.69) is 32.7 Å². The molecule has 2 aromatic carbocycles. The lowest BCUT2D eigenvalue weighted by Gasteiger charge is -2.07. The number of H-pyrrole nitrogens is 1. The number of fused-ring (bicyclic) bond motifs is 4. The van der Waals surface area contributed by atoms with Gasteiger partial charge in [0.1, 0.15) is 5.82 Å². The van der Waals surface area contributed by atoms with Gasteiger partial charge in [-0.15, -0.1) is 0 Å². The molecule has 4 aromatic rings. The fraction of sp³-hybridized carbons (Fsp3) is 0.100. The van der Waals surface area contributed by atoms with Crippen LogP contribution in [0.25, 0.3) is 33.5 Å². The average Bonchev–Trinajstić information content (AvgIpc) is 3.21. The molecular weight excluding hydrogens is 298 g/mol. The number of rotatable bonds is 1. The first-order chi connectivity index (χ1) is 11.8. The molecule has 0 spiro atoms. The number of aromatic amines is 1. The molecular formula is C20H15N3O. The number of hydrogen-bond donors (Lipinski definition) is 1. The van der Waals surface area contributed by atoms with E-state index >= 15 is 0 Å². The molecule has 0 amide bonds. The Morgan fingerprint density at radius 3 is 2.75 bits per heavy atom. The normalized spacial score (nSPS) is 15.4. The zero-order chi connectivity index (χ0) is 16.1. The quantitative estimate of drug-likeness (QED) is 0.581. The molecule has 1 N–H and O–H groups in total.